The van der Waals surface area contributed by atoms with Gasteiger partial charge in [-0.2, -0.15) is 0 Å². The van der Waals surface area contributed by atoms with Gasteiger partial charge < -0.3 is 24.6 Å². The van der Waals surface area contributed by atoms with Gasteiger partial charge in [0.25, 0.3) is 5.91 Å². The van der Waals surface area contributed by atoms with Crippen LogP contribution in [-0.4, -0.2) is 55.3 Å². The van der Waals surface area contributed by atoms with Crippen LogP contribution in [0, 0.1) is 0 Å². The molecule has 1 saturated heterocycles. The first-order valence-electron chi connectivity index (χ1n) is 12.1. The van der Waals surface area contributed by atoms with Gasteiger partial charge in [0.15, 0.2) is 0 Å². The van der Waals surface area contributed by atoms with Crippen LogP contribution < -0.4 is 15.0 Å². The van der Waals surface area contributed by atoms with Crippen molar-refractivity contribution in [3.8, 4) is 5.75 Å². The molecule has 1 aliphatic heterocycles. The van der Waals surface area contributed by atoms with E-state index in [1.165, 1.54) is 0 Å². The molecule has 190 valence electrons. The maximum atomic E-state index is 12.7. The van der Waals surface area contributed by atoms with Crippen molar-refractivity contribution in [2.75, 3.05) is 37.0 Å². The summed E-state index contributed by atoms with van der Waals surface area (Å²) in [6.07, 6.45) is 2.57. The molecule has 0 radical (unpaired) electrons. The van der Waals surface area contributed by atoms with Gasteiger partial charge in [0.1, 0.15) is 11.4 Å². The smallest absolute Gasteiger partial charge is 0.410 e. The second kappa shape index (κ2) is 11.7. The third kappa shape index (κ3) is 7.52. The van der Waals surface area contributed by atoms with Crippen molar-refractivity contribution in [3.05, 3.63) is 53.1 Å². The number of nitrogens with zero attached hydrogens (tertiary/aromatic N) is 2. The molecule has 1 unspecified atom stereocenters. The first kappa shape index (κ1) is 26.7. The first-order chi connectivity index (χ1) is 16.6. The quantitative estimate of drug-likeness (QED) is 0.435. The minimum Gasteiger partial charge on any atom is -0.494 e. The third-order valence-electron chi connectivity index (χ3n) is 5.82. The Morgan fingerprint density at radius 1 is 1.17 bits per heavy atom. The van der Waals surface area contributed by atoms with E-state index >= 15 is 0 Å². The number of nitrogens with one attached hydrogen (secondary N) is 1. The molecular formula is C27H36ClN3O4. The molecule has 0 saturated carbocycles. The molecule has 2 amide bonds. The average Bonchev–Trinajstić information content (AvgIpc) is 3.28. The van der Waals surface area contributed by atoms with Crippen LogP contribution in [0.15, 0.2) is 42.5 Å². The van der Waals surface area contributed by atoms with Crippen LogP contribution in [0.1, 0.15) is 57.3 Å². The number of unbranched alkanes of at least 4 members (excludes halogenated alkanes) is 1. The Kier molecular flexibility index (Phi) is 8.89. The Balaban J connectivity index is 1.58. The van der Waals surface area contributed by atoms with Crippen LogP contribution >= 0.6 is 11.6 Å². The van der Waals surface area contributed by atoms with Crippen LogP contribution in [0.4, 0.5) is 16.2 Å². The largest absolute Gasteiger partial charge is 0.494 e. The van der Waals surface area contributed by atoms with Crippen LogP contribution in [0.2, 0.25) is 5.02 Å². The van der Waals surface area contributed by atoms with Gasteiger partial charge in [-0.1, -0.05) is 24.9 Å². The SMILES string of the molecule is CCCCOc1ccc(C(=O)Nc2ccc(N3CCC(N(C)C(=O)OC(C)(C)C)C3)c(Cl)c2)cc1. The summed E-state index contributed by atoms with van der Waals surface area (Å²) < 4.78 is 11.1. The van der Waals surface area contributed by atoms with Crippen LogP contribution in [0.5, 0.6) is 5.75 Å². The van der Waals surface area contributed by atoms with Crippen LogP contribution in [0.3, 0.4) is 0 Å². The molecule has 1 heterocycles. The van der Waals surface area contributed by atoms with E-state index in [0.717, 1.165) is 37.2 Å². The second-order valence-electron chi connectivity index (χ2n) is 9.83. The van der Waals surface area contributed by atoms with Gasteiger partial charge in [0.05, 0.1) is 23.4 Å². The zero-order chi connectivity index (χ0) is 25.6. The molecule has 2 aromatic carbocycles. The van der Waals surface area contributed by atoms with Crippen molar-refractivity contribution in [1.29, 1.82) is 0 Å². The maximum Gasteiger partial charge on any atom is 0.410 e. The van der Waals surface area contributed by atoms with E-state index in [0.29, 0.717) is 29.4 Å². The number of benzene rings is 2. The highest BCUT2D eigenvalue weighted by molar-refractivity contribution is 6.33. The Labute approximate surface area is 213 Å². The molecule has 1 fully saturated rings. The summed E-state index contributed by atoms with van der Waals surface area (Å²) in [4.78, 5) is 28.9. The van der Waals surface area contributed by atoms with Crippen molar-refractivity contribution >= 4 is 35.0 Å². The van der Waals surface area contributed by atoms with Gasteiger partial charge in [-0.05, 0) is 76.1 Å². The average molecular weight is 502 g/mol. The van der Waals surface area contributed by atoms with E-state index in [2.05, 4.69) is 17.1 Å². The minimum absolute atomic E-state index is 0.0363. The normalized spacial score (nSPS) is 15.6. The maximum absolute atomic E-state index is 12.7. The number of rotatable bonds is 8. The summed E-state index contributed by atoms with van der Waals surface area (Å²) in [6.45, 7) is 9.79. The lowest BCUT2D eigenvalue weighted by Crippen LogP contribution is -2.42. The third-order valence-corrected chi connectivity index (χ3v) is 6.12. The molecule has 1 N–H and O–H groups in total. The molecule has 8 heteroatoms. The van der Waals surface area contributed by atoms with E-state index in [1.807, 2.05) is 32.9 Å². The summed E-state index contributed by atoms with van der Waals surface area (Å²) in [5, 5.41) is 3.44. The molecule has 2 aromatic rings. The van der Waals surface area contributed by atoms with Gasteiger partial charge in [0, 0.05) is 31.4 Å². The molecular weight excluding hydrogens is 466 g/mol. The summed E-state index contributed by atoms with van der Waals surface area (Å²) in [6, 6.07) is 12.6. The Morgan fingerprint density at radius 3 is 2.51 bits per heavy atom. The number of halogens is 1. The van der Waals surface area contributed by atoms with E-state index in [-0.39, 0.29) is 18.0 Å². The highest BCUT2D eigenvalue weighted by Gasteiger charge is 2.31. The number of anilines is 2. The molecule has 3 rings (SSSR count). The van der Waals surface area contributed by atoms with Gasteiger partial charge in [-0.25, -0.2) is 4.79 Å². The molecule has 7 nitrogen and oxygen atoms in total. The fourth-order valence-electron chi connectivity index (χ4n) is 3.84. The lowest BCUT2D eigenvalue weighted by molar-refractivity contribution is 0.0238. The van der Waals surface area contributed by atoms with Crippen molar-refractivity contribution < 1.29 is 19.1 Å². The van der Waals surface area contributed by atoms with E-state index in [9.17, 15) is 9.59 Å². The molecule has 35 heavy (non-hydrogen) atoms. The molecule has 0 aliphatic carbocycles. The molecule has 1 atom stereocenters. The predicted octanol–water partition coefficient (Wildman–Crippen LogP) is 6.22. The predicted molar refractivity (Wildman–Crippen MR) is 141 cm³/mol. The highest BCUT2D eigenvalue weighted by Crippen LogP contribution is 2.32. The number of carbonyl (C=O) groups excluding carboxylic acids is 2. The number of hydrogen-bond acceptors (Lipinski definition) is 5. The second-order valence-corrected chi connectivity index (χ2v) is 10.2. The van der Waals surface area contributed by atoms with Gasteiger partial charge in [-0.15, -0.1) is 0 Å². The number of hydrogen-bond donors (Lipinski definition) is 1. The van der Waals surface area contributed by atoms with Crippen LogP contribution in [-0.2, 0) is 4.74 Å². The Morgan fingerprint density at radius 2 is 1.89 bits per heavy atom. The lowest BCUT2D eigenvalue weighted by Gasteiger charge is -2.29. The molecule has 0 aromatic heterocycles. The highest BCUT2D eigenvalue weighted by atomic mass is 35.5. The minimum atomic E-state index is -0.530. The topological polar surface area (TPSA) is 71.1 Å². The standard InChI is InChI=1S/C27H36ClN3O4/c1-6-7-16-34-22-11-8-19(9-12-22)25(32)29-20-10-13-24(23(28)17-20)31-15-14-21(18-31)30(5)26(33)35-27(2,3)4/h8-13,17,21H,6-7,14-16,18H2,1-5H3,(H,29,32). The summed E-state index contributed by atoms with van der Waals surface area (Å²) in [5.41, 5.74) is 1.50. The zero-order valence-electron chi connectivity index (χ0n) is 21.3. The summed E-state index contributed by atoms with van der Waals surface area (Å²) in [5.74, 6) is 0.540. The van der Waals surface area contributed by atoms with E-state index in [4.69, 9.17) is 21.1 Å². The number of likely N-dealkylation sites (N-methyl/N-ethyl adjacent to an activating group) is 1. The van der Waals surface area contributed by atoms with E-state index in [1.54, 1.807) is 42.3 Å². The fraction of sp³-hybridized carbons (Fsp3) is 0.481. The number of carbonyl (C=O) groups is 2. The number of amides is 2. The lowest BCUT2D eigenvalue weighted by atomic mass is 10.2. The molecule has 1 aliphatic rings. The first-order valence-corrected chi connectivity index (χ1v) is 12.5. The van der Waals surface area contributed by atoms with E-state index < -0.39 is 5.60 Å². The van der Waals surface area contributed by atoms with Crippen molar-refractivity contribution in [3.63, 3.8) is 0 Å². The summed E-state index contributed by atoms with van der Waals surface area (Å²) >= 11 is 6.58. The Hall–Kier alpha value is -2.93. The monoisotopic (exact) mass is 501 g/mol. The van der Waals surface area contributed by atoms with Crippen molar-refractivity contribution in [2.24, 2.45) is 0 Å². The Bertz CT molecular complexity index is 1020. The summed E-state index contributed by atoms with van der Waals surface area (Å²) in [7, 11) is 1.77. The van der Waals surface area contributed by atoms with Gasteiger partial charge in [-0.3, -0.25) is 4.79 Å². The molecule has 0 bridgehead atoms. The van der Waals surface area contributed by atoms with Crippen molar-refractivity contribution in [1.82, 2.24) is 4.90 Å². The van der Waals surface area contributed by atoms with Gasteiger partial charge >= 0.3 is 6.09 Å². The fourth-order valence-corrected chi connectivity index (χ4v) is 4.14. The van der Waals surface area contributed by atoms with Gasteiger partial charge in [0.2, 0.25) is 0 Å². The zero-order valence-corrected chi connectivity index (χ0v) is 22.0. The van der Waals surface area contributed by atoms with Crippen molar-refractivity contribution in [2.45, 2.75) is 58.6 Å². The van der Waals surface area contributed by atoms with Crippen LogP contribution in [0.25, 0.3) is 0 Å². The number of ether oxygens (including phenoxy) is 2. The molecule has 0 spiro atoms.